The van der Waals surface area contributed by atoms with Crippen LogP contribution in [-0.4, -0.2) is 22.9 Å². The highest BCUT2D eigenvalue weighted by atomic mass is 19.1. The number of ether oxygens (including phenoxy) is 1. The van der Waals surface area contributed by atoms with Crippen LogP contribution in [0.2, 0.25) is 0 Å². The Morgan fingerprint density at radius 2 is 1.68 bits per heavy atom. The molecule has 1 aromatic heterocycles. The summed E-state index contributed by atoms with van der Waals surface area (Å²) in [5.41, 5.74) is 2.97. The Bertz CT molecular complexity index is 1210. The molecule has 4 aromatic rings. The van der Waals surface area contributed by atoms with Crippen molar-refractivity contribution < 1.29 is 18.3 Å². The van der Waals surface area contributed by atoms with Crippen LogP contribution in [0.25, 0.3) is 16.9 Å². The van der Waals surface area contributed by atoms with Gasteiger partial charge in [0.15, 0.2) is 0 Å². The van der Waals surface area contributed by atoms with Crippen molar-refractivity contribution in [2.24, 2.45) is 0 Å². The average Bonchev–Trinajstić information content (AvgIpc) is 3.26. The van der Waals surface area contributed by atoms with E-state index in [4.69, 9.17) is 4.74 Å². The van der Waals surface area contributed by atoms with Gasteiger partial charge in [0.1, 0.15) is 17.4 Å². The Morgan fingerprint density at radius 1 is 0.935 bits per heavy atom. The standard InChI is InChI=1S/C23H18F2N4O2/c1-31-19-9-2-15(3-10-19)21-12-13-29(28-21)18-7-5-17(6-8-18)26-23(30)27-22-11-4-16(24)14-20(22)25/h2-14H,1H3,(H2,26,27,30). The average molecular weight is 420 g/mol. The number of carbonyl (C=O) groups is 1. The number of halogens is 2. The van der Waals surface area contributed by atoms with Crippen molar-refractivity contribution in [3.63, 3.8) is 0 Å². The smallest absolute Gasteiger partial charge is 0.323 e. The van der Waals surface area contributed by atoms with Crippen LogP contribution in [0, 0.1) is 11.6 Å². The zero-order valence-electron chi connectivity index (χ0n) is 16.5. The van der Waals surface area contributed by atoms with Crippen LogP contribution in [0.15, 0.2) is 79.0 Å². The largest absolute Gasteiger partial charge is 0.497 e. The van der Waals surface area contributed by atoms with E-state index in [0.717, 1.165) is 34.8 Å². The number of anilines is 2. The van der Waals surface area contributed by atoms with Crippen molar-refractivity contribution in [3.8, 4) is 22.7 Å². The van der Waals surface area contributed by atoms with Gasteiger partial charge in [0.25, 0.3) is 0 Å². The van der Waals surface area contributed by atoms with Crippen molar-refractivity contribution in [1.82, 2.24) is 9.78 Å². The predicted molar refractivity (Wildman–Crippen MR) is 115 cm³/mol. The first-order valence-electron chi connectivity index (χ1n) is 9.35. The van der Waals surface area contributed by atoms with E-state index < -0.39 is 17.7 Å². The highest BCUT2D eigenvalue weighted by molar-refractivity contribution is 5.99. The van der Waals surface area contributed by atoms with Crippen LogP contribution < -0.4 is 15.4 Å². The summed E-state index contributed by atoms with van der Waals surface area (Å²) >= 11 is 0. The number of rotatable bonds is 5. The normalized spacial score (nSPS) is 10.5. The third-order valence-electron chi connectivity index (χ3n) is 4.54. The molecule has 0 radical (unpaired) electrons. The molecule has 0 spiro atoms. The fourth-order valence-electron chi connectivity index (χ4n) is 2.96. The molecule has 2 amide bonds. The minimum Gasteiger partial charge on any atom is -0.497 e. The summed E-state index contributed by atoms with van der Waals surface area (Å²) in [7, 11) is 1.62. The highest BCUT2D eigenvalue weighted by Crippen LogP contribution is 2.22. The van der Waals surface area contributed by atoms with E-state index >= 15 is 0 Å². The summed E-state index contributed by atoms with van der Waals surface area (Å²) in [6.45, 7) is 0. The predicted octanol–water partition coefficient (Wildman–Crippen LogP) is 5.47. The Kier molecular flexibility index (Phi) is 5.61. The van der Waals surface area contributed by atoms with Crippen LogP contribution in [0.1, 0.15) is 0 Å². The van der Waals surface area contributed by atoms with Gasteiger partial charge in [-0.3, -0.25) is 0 Å². The number of amides is 2. The summed E-state index contributed by atoms with van der Waals surface area (Å²) < 4.78 is 33.5. The minimum absolute atomic E-state index is 0.113. The van der Waals surface area contributed by atoms with Crippen LogP contribution >= 0.6 is 0 Å². The molecule has 0 saturated heterocycles. The van der Waals surface area contributed by atoms with E-state index in [2.05, 4.69) is 15.7 Å². The molecule has 0 aliphatic rings. The summed E-state index contributed by atoms with van der Waals surface area (Å²) in [6.07, 6.45) is 1.84. The summed E-state index contributed by atoms with van der Waals surface area (Å²) in [5.74, 6) is -0.790. The molecule has 3 aromatic carbocycles. The molecule has 8 heteroatoms. The second kappa shape index (κ2) is 8.66. The molecule has 156 valence electrons. The first-order valence-corrected chi connectivity index (χ1v) is 9.35. The molecular formula is C23H18F2N4O2. The van der Waals surface area contributed by atoms with Gasteiger partial charge in [0, 0.05) is 23.5 Å². The molecule has 0 fully saturated rings. The SMILES string of the molecule is COc1ccc(-c2ccn(-c3ccc(NC(=O)Nc4ccc(F)cc4F)cc3)n2)cc1. The quantitative estimate of drug-likeness (QED) is 0.450. The molecule has 1 heterocycles. The summed E-state index contributed by atoms with van der Waals surface area (Å²) in [5, 5.41) is 9.52. The Morgan fingerprint density at radius 3 is 2.35 bits per heavy atom. The van der Waals surface area contributed by atoms with Gasteiger partial charge < -0.3 is 15.4 Å². The lowest BCUT2D eigenvalue weighted by Crippen LogP contribution is -2.20. The molecule has 6 nitrogen and oxygen atoms in total. The van der Waals surface area contributed by atoms with Gasteiger partial charge in [-0.2, -0.15) is 5.10 Å². The Balaban J connectivity index is 1.42. The second-order valence-corrected chi connectivity index (χ2v) is 6.62. The van der Waals surface area contributed by atoms with E-state index in [0.29, 0.717) is 11.8 Å². The highest BCUT2D eigenvalue weighted by Gasteiger charge is 2.09. The third kappa shape index (κ3) is 4.69. The molecule has 0 unspecified atom stereocenters. The first-order chi connectivity index (χ1) is 15.0. The Hall–Kier alpha value is -4.20. The van der Waals surface area contributed by atoms with Crippen molar-refractivity contribution in [2.75, 3.05) is 17.7 Å². The molecule has 31 heavy (non-hydrogen) atoms. The second-order valence-electron chi connectivity index (χ2n) is 6.62. The van der Waals surface area contributed by atoms with E-state index in [1.54, 1.807) is 36.1 Å². The lowest BCUT2D eigenvalue weighted by atomic mass is 10.1. The summed E-state index contributed by atoms with van der Waals surface area (Å²) in [6, 6.07) is 18.8. The van der Waals surface area contributed by atoms with Gasteiger partial charge in [-0.05, 0) is 66.7 Å². The lowest BCUT2D eigenvalue weighted by molar-refractivity contribution is 0.262. The molecule has 0 aliphatic heterocycles. The van der Waals surface area contributed by atoms with E-state index in [-0.39, 0.29) is 5.69 Å². The maximum atomic E-state index is 13.7. The number of aromatic nitrogens is 2. The van der Waals surface area contributed by atoms with Gasteiger partial charge in [0.05, 0.1) is 24.2 Å². The van der Waals surface area contributed by atoms with E-state index in [9.17, 15) is 13.6 Å². The lowest BCUT2D eigenvalue weighted by Gasteiger charge is -2.09. The topological polar surface area (TPSA) is 68.2 Å². The maximum Gasteiger partial charge on any atom is 0.323 e. The number of hydrogen-bond acceptors (Lipinski definition) is 3. The van der Waals surface area contributed by atoms with Crippen molar-refractivity contribution in [3.05, 3.63) is 90.6 Å². The van der Waals surface area contributed by atoms with E-state index in [1.165, 1.54) is 0 Å². The van der Waals surface area contributed by atoms with Crippen molar-refractivity contribution >= 4 is 17.4 Å². The number of carbonyl (C=O) groups excluding carboxylic acids is 1. The zero-order chi connectivity index (χ0) is 21.8. The van der Waals surface area contributed by atoms with Crippen molar-refractivity contribution in [1.29, 1.82) is 0 Å². The minimum atomic E-state index is -0.850. The number of hydrogen-bond donors (Lipinski definition) is 2. The number of benzene rings is 3. The number of methoxy groups -OCH3 is 1. The third-order valence-corrected chi connectivity index (χ3v) is 4.54. The monoisotopic (exact) mass is 420 g/mol. The van der Waals surface area contributed by atoms with Crippen LogP contribution in [0.3, 0.4) is 0 Å². The molecule has 2 N–H and O–H groups in total. The van der Waals surface area contributed by atoms with Gasteiger partial charge in [0.2, 0.25) is 0 Å². The van der Waals surface area contributed by atoms with Gasteiger partial charge in [-0.25, -0.2) is 18.3 Å². The molecule has 0 saturated carbocycles. The first kappa shape index (κ1) is 20.1. The maximum absolute atomic E-state index is 13.7. The number of nitrogens with zero attached hydrogens (tertiary/aromatic N) is 2. The number of urea groups is 1. The molecule has 0 atom stereocenters. The van der Waals surface area contributed by atoms with Crippen LogP contribution in [0.5, 0.6) is 5.75 Å². The van der Waals surface area contributed by atoms with Crippen LogP contribution in [-0.2, 0) is 0 Å². The zero-order valence-corrected chi connectivity index (χ0v) is 16.5. The van der Waals surface area contributed by atoms with Crippen molar-refractivity contribution in [2.45, 2.75) is 0 Å². The van der Waals surface area contributed by atoms with Crippen LogP contribution in [0.4, 0.5) is 25.0 Å². The molecule has 0 aliphatic carbocycles. The van der Waals surface area contributed by atoms with Gasteiger partial charge >= 0.3 is 6.03 Å². The van der Waals surface area contributed by atoms with E-state index in [1.807, 2.05) is 36.5 Å². The Labute approximate surface area is 177 Å². The molecular weight excluding hydrogens is 402 g/mol. The van der Waals surface area contributed by atoms with Gasteiger partial charge in [-0.15, -0.1) is 0 Å². The fraction of sp³-hybridized carbons (Fsp3) is 0.0435. The van der Waals surface area contributed by atoms with Gasteiger partial charge in [-0.1, -0.05) is 0 Å². The fourth-order valence-corrected chi connectivity index (χ4v) is 2.96. The molecule has 0 bridgehead atoms. The molecule has 4 rings (SSSR count). The number of nitrogens with one attached hydrogen (secondary N) is 2. The summed E-state index contributed by atoms with van der Waals surface area (Å²) in [4.78, 5) is 12.1.